The first-order chi connectivity index (χ1) is 17.3. The number of nitrogens with one attached hydrogen (secondary N) is 1. The van der Waals surface area contributed by atoms with Gasteiger partial charge in [0.25, 0.3) is 11.8 Å². The lowest BCUT2D eigenvalue weighted by Crippen LogP contribution is -2.71. The van der Waals surface area contributed by atoms with Crippen molar-refractivity contribution in [2.75, 3.05) is 19.4 Å². The van der Waals surface area contributed by atoms with Crippen molar-refractivity contribution >= 4 is 68.7 Å². The van der Waals surface area contributed by atoms with Crippen molar-refractivity contribution in [3.05, 3.63) is 41.9 Å². The Labute approximate surface area is 216 Å². The Balaban J connectivity index is 1.33. The number of halogens is 1. The van der Waals surface area contributed by atoms with Crippen LogP contribution in [-0.4, -0.2) is 88.3 Å². The molecule has 0 aromatic carbocycles. The number of aromatic nitrogens is 2. The molecule has 0 saturated carbocycles. The fraction of sp³-hybridized carbons (Fsp3) is 0.316. The van der Waals surface area contributed by atoms with Crippen molar-refractivity contribution < 1.29 is 24.3 Å². The van der Waals surface area contributed by atoms with E-state index in [1.807, 2.05) is 17.2 Å². The number of nitrogens with two attached hydrogens (primary N) is 1. The average molecular weight is 552 g/mol. The Morgan fingerprint density at radius 1 is 1.42 bits per heavy atom. The predicted molar refractivity (Wildman–Crippen MR) is 131 cm³/mol. The number of thioether (sulfide) groups is 1. The number of oxime groups is 1. The van der Waals surface area contributed by atoms with Gasteiger partial charge in [0, 0.05) is 42.1 Å². The van der Waals surface area contributed by atoms with Gasteiger partial charge in [0.1, 0.15) is 35.2 Å². The number of nitrogen functional groups attached to an aromatic ring is 1. The second-order valence-electron chi connectivity index (χ2n) is 7.70. The zero-order valence-corrected chi connectivity index (χ0v) is 20.8. The zero-order chi connectivity index (χ0) is 25.6. The Morgan fingerprint density at radius 3 is 2.92 bits per heavy atom. The zero-order valence-electron chi connectivity index (χ0n) is 18.4. The molecule has 1 aromatic heterocycles. The monoisotopic (exact) mass is 551 g/mol. The van der Waals surface area contributed by atoms with E-state index < -0.39 is 29.2 Å². The fourth-order valence-corrected chi connectivity index (χ4v) is 6.04. The highest BCUT2D eigenvalue weighted by molar-refractivity contribution is 8.00. The van der Waals surface area contributed by atoms with Gasteiger partial charge in [-0.25, -0.2) is 9.80 Å². The number of rotatable bonds is 7. The number of hydrogen-bond acceptors (Lipinski definition) is 13. The summed E-state index contributed by atoms with van der Waals surface area (Å²) in [7, 11) is 1.25. The molecular weight excluding hydrogens is 534 g/mol. The van der Waals surface area contributed by atoms with E-state index >= 15 is 0 Å². The van der Waals surface area contributed by atoms with Gasteiger partial charge in [0.2, 0.25) is 11.5 Å². The summed E-state index contributed by atoms with van der Waals surface area (Å²) in [4.78, 5) is 49.5. The molecule has 0 spiro atoms. The minimum atomic E-state index is -1.24. The number of fused-ring (bicyclic) bond motifs is 2. The molecule has 17 heteroatoms. The standard InChI is InChI=1S/C19H18ClN9O5S2/c1-34-25-12(14-23-19(21)36-26-14)15(30)22-13-16(31)29-9(18(32)33)6-8(35-17(13)29)7-27-4-5-28-11(27)3-2-10(20)24-28/h3-6,8,13,17H,2,7H2,1H3,(H,22,30)(H,32,33)(H2,21,23,26)/t8?,13-,17+/m1/s1. The van der Waals surface area contributed by atoms with Gasteiger partial charge in [-0.15, -0.1) is 11.8 Å². The van der Waals surface area contributed by atoms with E-state index in [1.54, 1.807) is 11.2 Å². The highest BCUT2D eigenvalue weighted by Gasteiger charge is 2.55. The van der Waals surface area contributed by atoms with Crippen molar-refractivity contribution in [2.24, 2.45) is 10.3 Å². The smallest absolute Gasteiger partial charge is 0.352 e. The summed E-state index contributed by atoms with van der Waals surface area (Å²) in [6, 6.07) is -0.992. The van der Waals surface area contributed by atoms with E-state index in [0.717, 1.165) is 22.3 Å². The normalized spacial score (nSPS) is 24.9. The first-order valence-electron chi connectivity index (χ1n) is 10.4. The molecule has 1 fully saturated rings. The Morgan fingerprint density at radius 2 is 2.22 bits per heavy atom. The van der Waals surface area contributed by atoms with Crippen LogP contribution in [0.25, 0.3) is 0 Å². The van der Waals surface area contributed by atoms with Crippen molar-refractivity contribution in [3.8, 4) is 0 Å². The summed E-state index contributed by atoms with van der Waals surface area (Å²) in [6.45, 7) is 0.408. The van der Waals surface area contributed by atoms with E-state index in [2.05, 4.69) is 24.9 Å². The fourth-order valence-electron chi connectivity index (χ4n) is 3.96. The molecule has 1 aromatic rings. The molecular formula is C19H18ClN9O5S2. The van der Waals surface area contributed by atoms with Crippen molar-refractivity contribution in [1.29, 1.82) is 0 Å². The highest BCUT2D eigenvalue weighted by Crippen LogP contribution is 2.42. The molecule has 1 saturated heterocycles. The molecule has 4 aliphatic rings. The van der Waals surface area contributed by atoms with Crippen LogP contribution in [0.2, 0.25) is 0 Å². The molecule has 0 aliphatic carbocycles. The number of carboxylic acids is 1. The summed E-state index contributed by atoms with van der Waals surface area (Å²) < 4.78 is 3.96. The lowest BCUT2D eigenvalue weighted by atomic mass is 10.0. The molecule has 5 rings (SSSR count). The number of anilines is 1. The van der Waals surface area contributed by atoms with Crippen LogP contribution < -0.4 is 11.1 Å². The molecule has 1 unspecified atom stereocenters. The summed E-state index contributed by atoms with van der Waals surface area (Å²) in [5.74, 6) is -1.79. The number of aliphatic carboxylic acids is 1. The number of carboxylic acid groups (broad SMARTS) is 1. The molecule has 0 radical (unpaired) electrons. The first kappa shape index (κ1) is 24.1. The van der Waals surface area contributed by atoms with Gasteiger partial charge in [-0.05, 0) is 12.2 Å². The molecule has 3 atom stereocenters. The third-order valence-corrected chi connectivity index (χ3v) is 7.65. The van der Waals surface area contributed by atoms with Gasteiger partial charge in [0.15, 0.2) is 5.13 Å². The number of carbonyl (C=O) groups excluding carboxylic acids is 2. The molecule has 2 amide bonds. The van der Waals surface area contributed by atoms with E-state index in [4.69, 9.17) is 22.2 Å². The summed E-state index contributed by atoms with van der Waals surface area (Å²) in [5, 5.41) is 21.5. The van der Waals surface area contributed by atoms with Crippen molar-refractivity contribution in [2.45, 2.75) is 23.1 Å². The number of hydrogen-bond donors (Lipinski definition) is 3. The molecule has 4 N–H and O–H groups in total. The number of amides is 2. The Kier molecular flexibility index (Phi) is 6.31. The maximum atomic E-state index is 12.9. The average Bonchev–Trinajstić information content (AvgIpc) is 3.45. The number of nitrogens with zero attached hydrogens (tertiary/aromatic N) is 7. The molecule has 4 aliphatic heterocycles. The molecule has 14 nitrogen and oxygen atoms in total. The van der Waals surface area contributed by atoms with E-state index in [-0.39, 0.29) is 27.6 Å². The SMILES string of the molecule is CON=C(C(=O)N[C@@H]1C(=O)N2C(C(=O)O)=CC(CN3C=CN4N=C(Cl)CC=C34)S[C@@H]12)c1nsc(N)n1. The number of hydrazone groups is 1. The third-order valence-electron chi connectivity index (χ3n) is 5.48. The quantitative estimate of drug-likeness (QED) is 0.237. The maximum Gasteiger partial charge on any atom is 0.352 e. The van der Waals surface area contributed by atoms with E-state index in [9.17, 15) is 19.5 Å². The van der Waals surface area contributed by atoms with Gasteiger partial charge in [0.05, 0.1) is 0 Å². The third kappa shape index (κ3) is 4.27. The van der Waals surface area contributed by atoms with E-state index in [0.29, 0.717) is 18.1 Å². The molecule has 5 heterocycles. The van der Waals surface area contributed by atoms with Crippen molar-refractivity contribution in [1.82, 2.24) is 29.5 Å². The highest BCUT2D eigenvalue weighted by atomic mass is 35.5. The lowest BCUT2D eigenvalue weighted by Gasteiger charge is -2.50. The molecule has 0 bridgehead atoms. The first-order valence-corrected chi connectivity index (χ1v) is 12.5. The van der Waals surface area contributed by atoms with Crippen LogP contribution in [0.15, 0.2) is 46.3 Å². The topological polar surface area (TPSA) is 179 Å². The van der Waals surface area contributed by atoms with Crippen LogP contribution in [0.1, 0.15) is 12.2 Å². The van der Waals surface area contributed by atoms with Gasteiger partial charge in [-0.2, -0.15) is 14.5 Å². The second-order valence-corrected chi connectivity index (χ2v) is 10.3. The van der Waals surface area contributed by atoms with Crippen LogP contribution in [0.4, 0.5) is 5.13 Å². The summed E-state index contributed by atoms with van der Waals surface area (Å²) in [5.41, 5.74) is 5.20. The number of carbonyl (C=O) groups is 3. The molecule has 36 heavy (non-hydrogen) atoms. The van der Waals surface area contributed by atoms with Crippen LogP contribution >= 0.6 is 34.9 Å². The number of allylic oxidation sites excluding steroid dienone is 1. The van der Waals surface area contributed by atoms with Crippen LogP contribution in [-0.2, 0) is 19.2 Å². The van der Waals surface area contributed by atoms with Crippen molar-refractivity contribution in [3.63, 3.8) is 0 Å². The summed E-state index contributed by atoms with van der Waals surface area (Å²) in [6.07, 6.45) is 7.51. The van der Waals surface area contributed by atoms with Crippen LogP contribution in [0.5, 0.6) is 0 Å². The summed E-state index contributed by atoms with van der Waals surface area (Å²) >= 11 is 8.23. The van der Waals surface area contributed by atoms with Crippen LogP contribution in [0, 0.1) is 0 Å². The maximum absolute atomic E-state index is 12.9. The Bertz CT molecular complexity index is 1290. The minimum Gasteiger partial charge on any atom is -0.477 e. The van der Waals surface area contributed by atoms with Gasteiger partial charge < -0.3 is 25.9 Å². The minimum absolute atomic E-state index is 0.0466. The largest absolute Gasteiger partial charge is 0.477 e. The van der Waals surface area contributed by atoms with E-state index in [1.165, 1.54) is 24.9 Å². The lowest BCUT2D eigenvalue weighted by molar-refractivity contribution is -0.150. The molecule has 188 valence electrons. The predicted octanol–water partition coefficient (Wildman–Crippen LogP) is 0.0940. The van der Waals surface area contributed by atoms with Gasteiger partial charge >= 0.3 is 5.97 Å². The number of β-lactam (4-membered cyclic amide) rings is 1. The Hall–Kier alpha value is -3.63. The van der Waals surface area contributed by atoms with Gasteiger partial charge in [-0.1, -0.05) is 16.8 Å². The van der Waals surface area contributed by atoms with Crippen LogP contribution in [0.3, 0.4) is 0 Å². The van der Waals surface area contributed by atoms with Gasteiger partial charge in [-0.3, -0.25) is 14.5 Å². The second kappa shape index (κ2) is 9.44.